The standard InChI is InChI=1S/C6H2Cl5N/c7-1-2(8)4(10)6(12)5(11)3(1)9/h12H2. The summed E-state index contributed by atoms with van der Waals surface area (Å²) in [5.74, 6) is 0. The van der Waals surface area contributed by atoms with Gasteiger partial charge in [0.05, 0.1) is 30.8 Å². The molecule has 0 aliphatic heterocycles. The third-order valence-corrected chi connectivity index (χ3v) is 3.55. The van der Waals surface area contributed by atoms with E-state index in [-0.39, 0.29) is 30.8 Å². The number of nitrogens with two attached hydrogens (primary N) is 1. The molecule has 0 aliphatic carbocycles. The molecule has 0 heterocycles. The molecule has 0 fully saturated rings. The lowest BCUT2D eigenvalue weighted by atomic mass is 10.3. The number of hydrogen-bond donors (Lipinski definition) is 1. The van der Waals surface area contributed by atoms with Crippen molar-refractivity contribution in [3.63, 3.8) is 0 Å². The summed E-state index contributed by atoms with van der Waals surface area (Å²) in [6.45, 7) is 0. The molecule has 1 rings (SSSR count). The van der Waals surface area contributed by atoms with Gasteiger partial charge in [0.15, 0.2) is 0 Å². The Morgan fingerprint density at radius 1 is 0.583 bits per heavy atom. The van der Waals surface area contributed by atoms with Gasteiger partial charge in [-0.2, -0.15) is 0 Å². The zero-order valence-corrected chi connectivity index (χ0v) is 9.25. The molecule has 6 heteroatoms. The van der Waals surface area contributed by atoms with E-state index in [9.17, 15) is 0 Å². The van der Waals surface area contributed by atoms with E-state index in [0.29, 0.717) is 0 Å². The molecule has 0 spiro atoms. The van der Waals surface area contributed by atoms with E-state index in [1.165, 1.54) is 0 Å². The molecule has 0 aliphatic rings. The monoisotopic (exact) mass is 263 g/mol. The molecule has 2 N–H and O–H groups in total. The highest BCUT2D eigenvalue weighted by molar-refractivity contribution is 6.56. The molecule has 0 amide bonds. The summed E-state index contributed by atoms with van der Waals surface area (Å²) in [7, 11) is 0. The van der Waals surface area contributed by atoms with Crippen LogP contribution >= 0.6 is 58.0 Å². The van der Waals surface area contributed by atoms with Crippen LogP contribution in [0.1, 0.15) is 0 Å². The van der Waals surface area contributed by atoms with Crippen molar-refractivity contribution in [2.45, 2.75) is 0 Å². The zero-order chi connectivity index (χ0) is 9.46. The van der Waals surface area contributed by atoms with Crippen LogP contribution in [-0.2, 0) is 0 Å². The highest BCUT2D eigenvalue weighted by Gasteiger charge is 2.16. The van der Waals surface area contributed by atoms with E-state index in [1.54, 1.807) is 0 Å². The molecule has 0 radical (unpaired) electrons. The lowest BCUT2D eigenvalue weighted by Gasteiger charge is -2.07. The quantitative estimate of drug-likeness (QED) is 0.416. The summed E-state index contributed by atoms with van der Waals surface area (Å²) in [6, 6.07) is 0. The first-order valence-corrected chi connectivity index (χ1v) is 4.62. The third kappa shape index (κ3) is 1.57. The normalized spacial score (nSPS) is 10.4. The van der Waals surface area contributed by atoms with Crippen LogP contribution < -0.4 is 5.73 Å². The third-order valence-electron chi connectivity index (χ3n) is 1.24. The van der Waals surface area contributed by atoms with Gasteiger partial charge in [-0.3, -0.25) is 0 Å². The van der Waals surface area contributed by atoms with E-state index in [4.69, 9.17) is 63.7 Å². The number of rotatable bonds is 0. The lowest BCUT2D eigenvalue weighted by molar-refractivity contribution is 1.67. The minimum atomic E-state index is 0.113. The number of anilines is 1. The molecule has 0 unspecified atom stereocenters. The van der Waals surface area contributed by atoms with Crippen molar-refractivity contribution in [1.29, 1.82) is 0 Å². The maximum atomic E-state index is 5.68. The van der Waals surface area contributed by atoms with Crippen molar-refractivity contribution in [2.24, 2.45) is 0 Å². The van der Waals surface area contributed by atoms with Gasteiger partial charge in [-0.1, -0.05) is 58.0 Å². The topological polar surface area (TPSA) is 26.0 Å². The fourth-order valence-corrected chi connectivity index (χ4v) is 1.77. The van der Waals surface area contributed by atoms with E-state index in [1.807, 2.05) is 0 Å². The van der Waals surface area contributed by atoms with Crippen LogP contribution in [0.3, 0.4) is 0 Å². The fraction of sp³-hybridized carbons (Fsp3) is 0. The van der Waals surface area contributed by atoms with Gasteiger partial charge in [0.1, 0.15) is 0 Å². The molecule has 12 heavy (non-hydrogen) atoms. The molecule has 0 saturated heterocycles. The Morgan fingerprint density at radius 3 is 1.17 bits per heavy atom. The summed E-state index contributed by atoms with van der Waals surface area (Å²) in [5.41, 5.74) is 5.60. The van der Waals surface area contributed by atoms with E-state index in [2.05, 4.69) is 0 Å². The van der Waals surface area contributed by atoms with E-state index >= 15 is 0 Å². The van der Waals surface area contributed by atoms with Crippen LogP contribution in [0.15, 0.2) is 0 Å². The molecule has 1 nitrogen and oxygen atoms in total. The van der Waals surface area contributed by atoms with Gasteiger partial charge in [-0.05, 0) is 0 Å². The Labute approximate surface area is 94.3 Å². The van der Waals surface area contributed by atoms with Crippen LogP contribution in [0, 0.1) is 0 Å². The largest absolute Gasteiger partial charge is 0.396 e. The van der Waals surface area contributed by atoms with Crippen LogP contribution in [0.2, 0.25) is 25.1 Å². The van der Waals surface area contributed by atoms with Crippen LogP contribution in [0.25, 0.3) is 0 Å². The second kappa shape index (κ2) is 3.69. The smallest absolute Gasteiger partial charge is 0.0853 e. The fourth-order valence-electron chi connectivity index (χ4n) is 0.622. The molecular formula is C6H2Cl5N. The average Bonchev–Trinajstić information content (AvgIpc) is 2.08. The first-order chi connectivity index (χ1) is 5.46. The molecule has 0 bridgehead atoms. The number of hydrogen-bond acceptors (Lipinski definition) is 1. The van der Waals surface area contributed by atoms with Crippen LogP contribution in [0.4, 0.5) is 5.69 Å². The lowest BCUT2D eigenvalue weighted by Crippen LogP contribution is -1.90. The van der Waals surface area contributed by atoms with Gasteiger partial charge >= 0.3 is 0 Å². The summed E-state index contributed by atoms with van der Waals surface area (Å²) < 4.78 is 0. The van der Waals surface area contributed by atoms with Crippen molar-refractivity contribution in [3.05, 3.63) is 25.1 Å². The van der Waals surface area contributed by atoms with E-state index in [0.717, 1.165) is 0 Å². The van der Waals surface area contributed by atoms with Crippen molar-refractivity contribution < 1.29 is 0 Å². The number of halogens is 5. The van der Waals surface area contributed by atoms with Crippen molar-refractivity contribution >= 4 is 63.7 Å². The zero-order valence-electron chi connectivity index (χ0n) is 5.47. The molecule has 0 atom stereocenters. The highest BCUT2D eigenvalue weighted by Crippen LogP contribution is 2.45. The maximum Gasteiger partial charge on any atom is 0.0853 e. The minimum Gasteiger partial charge on any atom is -0.396 e. The molecule has 1 aromatic carbocycles. The van der Waals surface area contributed by atoms with Gasteiger partial charge in [-0.25, -0.2) is 0 Å². The van der Waals surface area contributed by atoms with Crippen molar-refractivity contribution in [2.75, 3.05) is 5.73 Å². The highest BCUT2D eigenvalue weighted by atomic mass is 35.5. The molecule has 1 aromatic rings. The van der Waals surface area contributed by atoms with Gasteiger partial charge in [0, 0.05) is 0 Å². The molecule has 0 saturated carbocycles. The van der Waals surface area contributed by atoms with Gasteiger partial charge in [0.2, 0.25) is 0 Å². The van der Waals surface area contributed by atoms with Crippen molar-refractivity contribution in [3.8, 4) is 0 Å². The van der Waals surface area contributed by atoms with Crippen molar-refractivity contribution in [1.82, 2.24) is 0 Å². The minimum absolute atomic E-state index is 0.113. The summed E-state index contributed by atoms with van der Waals surface area (Å²) >= 11 is 28.4. The van der Waals surface area contributed by atoms with Gasteiger partial charge in [-0.15, -0.1) is 0 Å². The Bertz CT molecular complexity index is 230. The number of benzene rings is 1. The van der Waals surface area contributed by atoms with Crippen LogP contribution in [-0.4, -0.2) is 0 Å². The molecular weight excluding hydrogens is 263 g/mol. The van der Waals surface area contributed by atoms with Gasteiger partial charge in [0.25, 0.3) is 0 Å². The molecule has 66 valence electrons. The Hall–Kier alpha value is 0.470. The maximum absolute atomic E-state index is 5.68. The average molecular weight is 265 g/mol. The SMILES string of the molecule is Nc1c(Cl)c(Cl)c(Cl)c(Cl)c1Cl. The predicted molar refractivity (Wildman–Crippen MR) is 55.9 cm³/mol. The Morgan fingerprint density at radius 2 is 0.833 bits per heavy atom. The first-order valence-electron chi connectivity index (χ1n) is 2.73. The number of nitrogen functional groups attached to an aromatic ring is 1. The Balaban J connectivity index is 3.60. The second-order valence-electron chi connectivity index (χ2n) is 1.98. The summed E-state index contributed by atoms with van der Waals surface area (Å²) in [5, 5.41) is 0.588. The van der Waals surface area contributed by atoms with Crippen LogP contribution in [0.5, 0.6) is 0 Å². The van der Waals surface area contributed by atoms with E-state index < -0.39 is 0 Å². The Kier molecular flexibility index (Phi) is 3.24. The molecule has 0 aromatic heterocycles. The second-order valence-corrected chi connectivity index (χ2v) is 3.87. The predicted octanol–water partition coefficient (Wildman–Crippen LogP) is 4.54. The summed E-state index contributed by atoms with van der Waals surface area (Å²) in [4.78, 5) is 0. The first kappa shape index (κ1) is 10.6. The summed E-state index contributed by atoms with van der Waals surface area (Å²) in [6.07, 6.45) is 0. The van der Waals surface area contributed by atoms with Gasteiger partial charge < -0.3 is 5.73 Å².